The fourth-order valence-electron chi connectivity index (χ4n) is 0.825. The number of rotatable bonds is 3. The first-order valence-corrected chi connectivity index (χ1v) is 4.95. The summed E-state index contributed by atoms with van der Waals surface area (Å²) in [5, 5.41) is 11.9. The summed E-state index contributed by atoms with van der Waals surface area (Å²) in [6.45, 7) is 0. The Balaban J connectivity index is 2.75. The summed E-state index contributed by atoms with van der Waals surface area (Å²) < 4.78 is 0. The van der Waals surface area contributed by atoms with Gasteiger partial charge in [0, 0.05) is 13.2 Å². The Kier molecular flexibility index (Phi) is 4.27. The van der Waals surface area contributed by atoms with Crippen molar-refractivity contribution < 1.29 is 9.90 Å². The maximum absolute atomic E-state index is 10.6. The summed E-state index contributed by atoms with van der Waals surface area (Å²) in [7, 11) is 1.65. The summed E-state index contributed by atoms with van der Waals surface area (Å²) >= 11 is 10.6. The summed E-state index contributed by atoms with van der Waals surface area (Å²) in [5.41, 5.74) is 5.27. The monoisotopic (exact) mass is 260 g/mol. The van der Waals surface area contributed by atoms with E-state index in [9.17, 15) is 4.79 Å². The zero-order valence-electron chi connectivity index (χ0n) is 8.24. The van der Waals surface area contributed by atoms with E-state index in [0.717, 1.165) is 0 Å². The molecule has 6 nitrogen and oxygen atoms in total. The molecule has 0 saturated heterocycles. The highest BCUT2D eigenvalue weighted by molar-refractivity contribution is 7.80. The lowest BCUT2D eigenvalue weighted by molar-refractivity contribution is 0.0696. The third-order valence-corrected chi connectivity index (χ3v) is 2.20. The molecule has 0 aromatic carbocycles. The smallest absolute Gasteiger partial charge is 0.337 e. The maximum Gasteiger partial charge on any atom is 0.337 e. The second kappa shape index (κ2) is 5.47. The van der Waals surface area contributed by atoms with Gasteiger partial charge in [0.1, 0.15) is 0 Å². The number of aromatic carboxylic acids is 1. The molecule has 0 aliphatic rings. The Hall–Kier alpha value is -1.60. The number of anilines is 1. The SMILES string of the molecule is CNC(=S)NNc1ncc(C(=O)O)cc1Cl. The van der Waals surface area contributed by atoms with Crippen molar-refractivity contribution in [1.29, 1.82) is 0 Å². The van der Waals surface area contributed by atoms with Crippen molar-refractivity contribution in [2.45, 2.75) is 0 Å². The van der Waals surface area contributed by atoms with Crippen LogP contribution in [0.1, 0.15) is 10.4 Å². The average molecular weight is 261 g/mol. The number of thiocarbonyl (C=S) groups is 1. The largest absolute Gasteiger partial charge is 0.478 e. The van der Waals surface area contributed by atoms with Gasteiger partial charge in [-0.25, -0.2) is 9.78 Å². The Morgan fingerprint density at radius 1 is 1.62 bits per heavy atom. The third-order valence-electron chi connectivity index (χ3n) is 1.61. The van der Waals surface area contributed by atoms with Crippen LogP contribution in [0.25, 0.3) is 0 Å². The fraction of sp³-hybridized carbons (Fsp3) is 0.125. The van der Waals surface area contributed by atoms with E-state index in [1.807, 2.05) is 0 Å². The van der Waals surface area contributed by atoms with Crippen LogP contribution < -0.4 is 16.2 Å². The van der Waals surface area contributed by atoms with Gasteiger partial charge in [0.25, 0.3) is 0 Å². The normalized spacial score (nSPS) is 9.38. The van der Waals surface area contributed by atoms with Crippen molar-refractivity contribution in [1.82, 2.24) is 15.7 Å². The Bertz CT molecular complexity index is 426. The van der Waals surface area contributed by atoms with Gasteiger partial charge in [0.2, 0.25) is 0 Å². The molecule has 0 radical (unpaired) electrons. The van der Waals surface area contributed by atoms with Crippen molar-refractivity contribution in [3.05, 3.63) is 22.8 Å². The van der Waals surface area contributed by atoms with Crippen LogP contribution in [-0.2, 0) is 0 Å². The number of hydrogen-bond acceptors (Lipinski definition) is 4. The lowest BCUT2D eigenvalue weighted by Gasteiger charge is -2.10. The van der Waals surface area contributed by atoms with Gasteiger partial charge in [-0.3, -0.25) is 10.9 Å². The molecule has 1 aromatic heterocycles. The van der Waals surface area contributed by atoms with Crippen LogP contribution in [-0.4, -0.2) is 28.2 Å². The molecule has 0 amide bonds. The molecule has 0 aliphatic heterocycles. The molecule has 0 unspecified atom stereocenters. The summed E-state index contributed by atoms with van der Waals surface area (Å²) in [6, 6.07) is 1.29. The van der Waals surface area contributed by atoms with Crippen molar-refractivity contribution >= 4 is 40.7 Å². The van der Waals surface area contributed by atoms with Crippen molar-refractivity contribution in [3.8, 4) is 0 Å². The van der Waals surface area contributed by atoms with Crippen molar-refractivity contribution in [3.63, 3.8) is 0 Å². The quantitative estimate of drug-likeness (QED) is 0.474. The number of carbonyl (C=O) groups is 1. The van der Waals surface area contributed by atoms with Crippen LogP contribution in [0.2, 0.25) is 5.02 Å². The molecule has 0 saturated carbocycles. The standard InChI is InChI=1S/C8H9ClN4O2S/c1-10-8(16)13-12-6-5(9)2-4(3-11-6)7(14)15/h2-3H,1H3,(H,11,12)(H,14,15)(H2,10,13,16). The second-order valence-electron chi connectivity index (χ2n) is 2.69. The molecular formula is C8H9ClN4O2S. The van der Waals surface area contributed by atoms with Gasteiger partial charge >= 0.3 is 5.97 Å². The van der Waals surface area contributed by atoms with E-state index in [1.165, 1.54) is 12.3 Å². The molecule has 0 atom stereocenters. The zero-order valence-corrected chi connectivity index (χ0v) is 9.82. The van der Waals surface area contributed by atoms with E-state index in [0.29, 0.717) is 10.9 Å². The Morgan fingerprint density at radius 3 is 2.81 bits per heavy atom. The van der Waals surface area contributed by atoms with Crippen LogP contribution in [0.5, 0.6) is 0 Å². The summed E-state index contributed by atoms with van der Waals surface area (Å²) in [4.78, 5) is 14.4. The number of halogens is 1. The zero-order chi connectivity index (χ0) is 12.1. The van der Waals surface area contributed by atoms with Crippen LogP contribution >= 0.6 is 23.8 Å². The van der Waals surface area contributed by atoms with Gasteiger partial charge in [-0.2, -0.15) is 0 Å². The van der Waals surface area contributed by atoms with E-state index in [-0.39, 0.29) is 10.6 Å². The number of carboxylic acids is 1. The van der Waals surface area contributed by atoms with Crippen LogP contribution in [0.3, 0.4) is 0 Å². The highest BCUT2D eigenvalue weighted by Gasteiger charge is 2.08. The fourth-order valence-corrected chi connectivity index (χ4v) is 1.09. The number of aromatic nitrogens is 1. The molecule has 8 heteroatoms. The average Bonchev–Trinajstić information content (AvgIpc) is 2.26. The minimum Gasteiger partial charge on any atom is -0.478 e. The molecule has 1 rings (SSSR count). The topological polar surface area (TPSA) is 86.3 Å². The molecule has 4 N–H and O–H groups in total. The maximum atomic E-state index is 10.6. The number of hydrogen-bond donors (Lipinski definition) is 4. The number of hydrazine groups is 1. The molecular weight excluding hydrogens is 252 g/mol. The van der Waals surface area contributed by atoms with E-state index in [1.54, 1.807) is 7.05 Å². The van der Waals surface area contributed by atoms with Crippen molar-refractivity contribution in [2.75, 3.05) is 12.5 Å². The molecule has 1 heterocycles. The molecule has 1 aromatic rings. The molecule has 0 aliphatic carbocycles. The first kappa shape index (κ1) is 12.5. The number of nitrogens with zero attached hydrogens (tertiary/aromatic N) is 1. The Morgan fingerprint density at radius 2 is 2.31 bits per heavy atom. The lowest BCUT2D eigenvalue weighted by Crippen LogP contribution is -2.36. The first-order chi connectivity index (χ1) is 7.54. The predicted octanol–water partition coefficient (Wildman–Crippen LogP) is 0.854. The minimum absolute atomic E-state index is 0.0201. The van der Waals surface area contributed by atoms with Gasteiger partial charge < -0.3 is 10.4 Å². The first-order valence-electron chi connectivity index (χ1n) is 4.17. The minimum atomic E-state index is -1.08. The summed E-state index contributed by atoms with van der Waals surface area (Å²) in [6.07, 6.45) is 1.20. The highest BCUT2D eigenvalue weighted by Crippen LogP contribution is 2.19. The molecule has 0 fully saturated rings. The van der Waals surface area contributed by atoms with Crippen LogP contribution in [0.15, 0.2) is 12.3 Å². The third kappa shape index (κ3) is 3.21. The van der Waals surface area contributed by atoms with Gasteiger partial charge in [0.05, 0.1) is 10.6 Å². The molecule has 16 heavy (non-hydrogen) atoms. The summed E-state index contributed by atoms with van der Waals surface area (Å²) in [5.74, 6) is -0.788. The van der Waals surface area contributed by atoms with Gasteiger partial charge in [0.15, 0.2) is 10.9 Å². The van der Waals surface area contributed by atoms with Gasteiger partial charge in [-0.1, -0.05) is 11.6 Å². The van der Waals surface area contributed by atoms with E-state index < -0.39 is 5.97 Å². The second-order valence-corrected chi connectivity index (χ2v) is 3.50. The number of nitrogens with one attached hydrogen (secondary N) is 3. The predicted molar refractivity (Wildman–Crippen MR) is 64.6 cm³/mol. The molecule has 0 bridgehead atoms. The molecule has 86 valence electrons. The van der Waals surface area contributed by atoms with E-state index in [4.69, 9.17) is 28.9 Å². The number of pyridine rings is 1. The van der Waals surface area contributed by atoms with Gasteiger partial charge in [-0.05, 0) is 18.3 Å². The number of carboxylic acid groups (broad SMARTS) is 1. The Labute approximate surface area is 102 Å². The lowest BCUT2D eigenvalue weighted by atomic mass is 10.3. The highest BCUT2D eigenvalue weighted by atomic mass is 35.5. The van der Waals surface area contributed by atoms with Crippen LogP contribution in [0, 0.1) is 0 Å². The molecule has 0 spiro atoms. The van der Waals surface area contributed by atoms with Crippen molar-refractivity contribution in [2.24, 2.45) is 0 Å². The van der Waals surface area contributed by atoms with Crippen LogP contribution in [0.4, 0.5) is 5.82 Å². The van der Waals surface area contributed by atoms with E-state index >= 15 is 0 Å². The van der Waals surface area contributed by atoms with E-state index in [2.05, 4.69) is 21.2 Å². The van der Waals surface area contributed by atoms with Gasteiger partial charge in [-0.15, -0.1) is 0 Å².